The van der Waals surface area contributed by atoms with Gasteiger partial charge in [-0.05, 0) is 44.0 Å². The predicted octanol–water partition coefficient (Wildman–Crippen LogP) is 2.11. The third-order valence-corrected chi connectivity index (χ3v) is 5.03. The molecular weight excluding hydrogens is 612 g/mol. The number of nitrogens with one attached hydrogen (secondary N) is 4. The number of carboxylic acid groups (broad SMARTS) is 1. The van der Waals surface area contributed by atoms with Gasteiger partial charge in [-0.1, -0.05) is 60.1 Å². The van der Waals surface area contributed by atoms with Crippen molar-refractivity contribution in [2.45, 2.75) is 86.3 Å². The first-order valence-corrected chi connectivity index (χ1v) is 15.8. The first-order chi connectivity index (χ1) is 22.4. The first kappa shape index (κ1) is 49.4. The Labute approximate surface area is 279 Å². The Hall–Kier alpha value is -4.44. The number of benzene rings is 1. The van der Waals surface area contributed by atoms with E-state index in [1.54, 1.807) is 24.3 Å². The fourth-order valence-electron chi connectivity index (χ4n) is 3.01. The zero-order valence-electron chi connectivity index (χ0n) is 29.4. The van der Waals surface area contributed by atoms with Crippen LogP contribution in [0, 0.1) is 0 Å². The van der Waals surface area contributed by atoms with Crippen molar-refractivity contribution in [1.29, 1.82) is 0 Å². The smallest absolute Gasteiger partial charge is 0.409 e. The SMILES string of the molecule is CC.CC.CCC.CN.CN(CCCC(=O)O)C(=O)OCc1ccc(NC(=O)C(CCCNC(N)=O)NC(=O)CNC(=O)CN)cc1. The summed E-state index contributed by atoms with van der Waals surface area (Å²) < 4.78 is 5.20. The van der Waals surface area contributed by atoms with Crippen LogP contribution < -0.4 is 38.5 Å². The summed E-state index contributed by atoms with van der Waals surface area (Å²) in [5.41, 5.74) is 15.8. The number of carbonyl (C=O) groups is 6. The highest BCUT2D eigenvalue weighted by molar-refractivity contribution is 5.97. The van der Waals surface area contributed by atoms with E-state index in [2.05, 4.69) is 40.8 Å². The quantitative estimate of drug-likeness (QED) is 0.119. The molecule has 0 fully saturated rings. The lowest BCUT2D eigenvalue weighted by Gasteiger charge is -2.19. The Balaban J connectivity index is -0.000000932. The number of nitrogens with two attached hydrogens (primary N) is 3. The minimum atomic E-state index is -0.968. The molecule has 1 rings (SSSR count). The Bertz CT molecular complexity index is 994. The third-order valence-electron chi connectivity index (χ3n) is 5.03. The summed E-state index contributed by atoms with van der Waals surface area (Å²) in [4.78, 5) is 71.0. The first-order valence-electron chi connectivity index (χ1n) is 15.8. The number of primary amides is 1. The molecule has 0 heterocycles. The zero-order valence-corrected chi connectivity index (χ0v) is 29.4. The molecule has 1 aromatic rings. The zero-order chi connectivity index (χ0) is 37.2. The molecule has 1 unspecified atom stereocenters. The molecule has 1 aromatic carbocycles. The normalized spacial score (nSPS) is 9.66. The van der Waals surface area contributed by atoms with E-state index in [9.17, 15) is 28.8 Å². The number of rotatable bonds is 16. The molecule has 0 bridgehead atoms. The van der Waals surface area contributed by atoms with Crippen molar-refractivity contribution in [3.8, 4) is 0 Å². The van der Waals surface area contributed by atoms with Crippen LogP contribution >= 0.6 is 0 Å². The highest BCUT2D eigenvalue weighted by atomic mass is 16.6. The third kappa shape index (κ3) is 30.0. The number of urea groups is 1. The average Bonchev–Trinajstić information content (AvgIpc) is 3.07. The van der Waals surface area contributed by atoms with Crippen molar-refractivity contribution in [2.24, 2.45) is 17.2 Å². The minimum Gasteiger partial charge on any atom is -0.481 e. The summed E-state index contributed by atoms with van der Waals surface area (Å²) in [6.07, 6.45) is 1.42. The van der Waals surface area contributed by atoms with Crippen LogP contribution in [0.15, 0.2) is 24.3 Å². The predicted molar refractivity (Wildman–Crippen MR) is 184 cm³/mol. The molecule has 0 aliphatic rings. The number of aliphatic carboxylic acids is 1. The van der Waals surface area contributed by atoms with Crippen molar-refractivity contribution in [2.75, 3.05) is 45.6 Å². The van der Waals surface area contributed by atoms with Gasteiger partial charge in [0.2, 0.25) is 17.7 Å². The maximum atomic E-state index is 12.8. The molecule has 47 heavy (non-hydrogen) atoms. The van der Waals surface area contributed by atoms with Crippen molar-refractivity contribution >= 4 is 41.5 Å². The molecule has 0 saturated heterocycles. The molecule has 0 saturated carbocycles. The van der Waals surface area contributed by atoms with Crippen LogP contribution in [0.1, 0.15) is 79.2 Å². The highest BCUT2D eigenvalue weighted by Crippen LogP contribution is 2.12. The van der Waals surface area contributed by atoms with Crippen molar-refractivity contribution in [1.82, 2.24) is 20.9 Å². The molecule has 0 aliphatic carbocycles. The number of anilines is 1. The van der Waals surface area contributed by atoms with E-state index in [0.717, 1.165) is 0 Å². The van der Waals surface area contributed by atoms with Gasteiger partial charge in [-0.2, -0.15) is 0 Å². The summed E-state index contributed by atoms with van der Waals surface area (Å²) in [5.74, 6) is -2.59. The van der Waals surface area contributed by atoms with Gasteiger partial charge in [-0.3, -0.25) is 19.2 Å². The molecule has 0 aliphatic heterocycles. The summed E-state index contributed by atoms with van der Waals surface area (Å²) in [5, 5.41) is 18.6. The van der Waals surface area contributed by atoms with Gasteiger partial charge >= 0.3 is 18.1 Å². The lowest BCUT2D eigenvalue weighted by molar-refractivity contribution is -0.137. The maximum absolute atomic E-state index is 12.8. The number of carbonyl (C=O) groups excluding carboxylic acids is 5. The van der Waals surface area contributed by atoms with Crippen LogP contribution in [0.25, 0.3) is 0 Å². The van der Waals surface area contributed by atoms with Crippen LogP contribution in [0.2, 0.25) is 0 Å². The number of nitrogens with zero attached hydrogens (tertiary/aromatic N) is 1. The van der Waals surface area contributed by atoms with E-state index in [4.69, 9.17) is 21.3 Å². The van der Waals surface area contributed by atoms with Crippen LogP contribution in [0.5, 0.6) is 0 Å². The Morgan fingerprint density at radius 3 is 1.96 bits per heavy atom. The highest BCUT2D eigenvalue weighted by Gasteiger charge is 2.21. The number of ether oxygens (including phenoxy) is 1. The fourth-order valence-corrected chi connectivity index (χ4v) is 3.01. The summed E-state index contributed by atoms with van der Waals surface area (Å²) in [6, 6.07) is 4.78. The molecular formula is C31H60N8O8. The van der Waals surface area contributed by atoms with Gasteiger partial charge in [-0.25, -0.2) is 9.59 Å². The monoisotopic (exact) mass is 672 g/mol. The van der Waals surface area contributed by atoms with Crippen LogP contribution in [0.3, 0.4) is 0 Å². The molecule has 0 radical (unpaired) electrons. The van der Waals surface area contributed by atoms with Gasteiger partial charge in [0.25, 0.3) is 0 Å². The van der Waals surface area contributed by atoms with E-state index in [1.165, 1.54) is 25.4 Å². The molecule has 16 nitrogen and oxygen atoms in total. The molecule has 16 heteroatoms. The number of hydrogen-bond acceptors (Lipinski definition) is 9. The lowest BCUT2D eigenvalue weighted by Crippen LogP contribution is -2.48. The fraction of sp³-hybridized carbons (Fsp3) is 0.613. The Kier molecular flexibility index (Phi) is 36.2. The van der Waals surface area contributed by atoms with Crippen molar-refractivity contribution in [3.05, 3.63) is 29.8 Å². The lowest BCUT2D eigenvalue weighted by atomic mass is 10.1. The molecule has 272 valence electrons. The summed E-state index contributed by atoms with van der Waals surface area (Å²) >= 11 is 0. The minimum absolute atomic E-state index is 0.0314. The van der Waals surface area contributed by atoms with Crippen LogP contribution in [-0.2, 0) is 30.5 Å². The van der Waals surface area contributed by atoms with Gasteiger partial charge in [-0.15, -0.1) is 0 Å². The number of carboxylic acids is 1. The number of amides is 6. The van der Waals surface area contributed by atoms with Crippen LogP contribution in [0.4, 0.5) is 15.3 Å². The second kappa shape index (κ2) is 34.4. The molecule has 1 atom stereocenters. The van der Waals surface area contributed by atoms with E-state index >= 15 is 0 Å². The van der Waals surface area contributed by atoms with Gasteiger partial charge in [0.05, 0.1) is 13.1 Å². The van der Waals surface area contributed by atoms with E-state index < -0.39 is 41.9 Å². The second-order valence-electron chi connectivity index (χ2n) is 8.90. The molecule has 0 aromatic heterocycles. The summed E-state index contributed by atoms with van der Waals surface area (Å²) in [6.45, 7) is 12.0. The molecule has 11 N–H and O–H groups in total. The van der Waals surface area contributed by atoms with Gasteiger partial charge in [0.1, 0.15) is 12.6 Å². The van der Waals surface area contributed by atoms with Gasteiger partial charge < -0.3 is 53.2 Å². The van der Waals surface area contributed by atoms with Crippen LogP contribution in [-0.4, -0.2) is 92.1 Å². The molecule has 0 spiro atoms. The van der Waals surface area contributed by atoms with Gasteiger partial charge in [0.15, 0.2) is 0 Å². The Morgan fingerprint density at radius 1 is 0.915 bits per heavy atom. The maximum Gasteiger partial charge on any atom is 0.409 e. The van der Waals surface area contributed by atoms with E-state index in [1.807, 2.05) is 27.7 Å². The molecule has 6 amide bonds. The summed E-state index contributed by atoms with van der Waals surface area (Å²) in [7, 11) is 3.01. The van der Waals surface area contributed by atoms with Gasteiger partial charge in [0, 0.05) is 32.2 Å². The second-order valence-corrected chi connectivity index (χ2v) is 8.90. The van der Waals surface area contributed by atoms with E-state index in [0.29, 0.717) is 24.1 Å². The van der Waals surface area contributed by atoms with Crippen molar-refractivity contribution < 1.29 is 38.6 Å². The average molecular weight is 673 g/mol. The van der Waals surface area contributed by atoms with E-state index in [-0.39, 0.29) is 45.6 Å². The number of hydrogen-bond donors (Lipinski definition) is 8. The Morgan fingerprint density at radius 2 is 1.47 bits per heavy atom. The van der Waals surface area contributed by atoms with Crippen molar-refractivity contribution in [3.63, 3.8) is 0 Å². The largest absolute Gasteiger partial charge is 0.481 e. The topological polar surface area (TPSA) is 261 Å². The standard InChI is InChI=1S/C23H35N7O8.C3H8.2C2H6.CH5N/c1-30(11-3-5-20(33)34)23(37)38-14-15-6-8-16(9-7-15)28-21(35)17(4-2-10-26-22(25)36)29-19(32)13-27-18(31)12-24;1-3-2;3*1-2/h6-9,17H,2-5,10-14,24H2,1H3,(H,27,31)(H,28,35)(H,29,32)(H,33,34)(H3,25,26,36);3H2,1-2H3;2*1-2H3;2H2,1H3.